The molecule has 1 aliphatic rings. The van der Waals surface area contributed by atoms with Crippen molar-refractivity contribution in [3.05, 3.63) is 45.6 Å². The van der Waals surface area contributed by atoms with E-state index in [2.05, 4.69) is 15.0 Å². The molecule has 1 aromatic rings. The Morgan fingerprint density at radius 1 is 1.43 bits per heavy atom. The van der Waals surface area contributed by atoms with Crippen molar-refractivity contribution in [3.63, 3.8) is 0 Å². The molecule has 0 fully saturated rings. The number of rotatable bonds is 4. The molecule has 6 heteroatoms. The third kappa shape index (κ3) is 3.39. The minimum absolute atomic E-state index is 0.444. The van der Waals surface area contributed by atoms with Gasteiger partial charge in [0.15, 0.2) is 0 Å². The van der Waals surface area contributed by atoms with Crippen LogP contribution < -0.4 is 0 Å². The monoisotopic (exact) mass is 326 g/mol. The van der Waals surface area contributed by atoms with E-state index in [-0.39, 0.29) is 0 Å². The summed E-state index contributed by atoms with van der Waals surface area (Å²) in [7, 11) is 1.48. The highest BCUT2D eigenvalue weighted by Gasteiger charge is 2.36. The van der Waals surface area contributed by atoms with Crippen molar-refractivity contribution in [2.45, 2.75) is 25.8 Å². The molecule has 0 radical (unpaired) electrons. The molecule has 0 spiro atoms. The van der Waals surface area contributed by atoms with Gasteiger partial charge in [0.2, 0.25) is 5.90 Å². The molecule has 0 saturated heterocycles. The van der Waals surface area contributed by atoms with Gasteiger partial charge in [-0.25, -0.2) is 4.99 Å². The second-order valence-corrected chi connectivity index (χ2v) is 5.46. The average molecular weight is 327 g/mol. The van der Waals surface area contributed by atoms with Crippen LogP contribution in [0.4, 0.5) is 0 Å². The van der Waals surface area contributed by atoms with Crippen LogP contribution in [-0.2, 0) is 9.57 Å². The quantitative estimate of drug-likeness (QED) is 0.610. The number of ether oxygens (including phenoxy) is 1. The summed E-state index contributed by atoms with van der Waals surface area (Å²) in [5.41, 5.74) is 2.55. The fourth-order valence-electron chi connectivity index (χ4n) is 1.96. The SMILES string of the molecule is CCC1(C)N=C(c2cc(Cl)cc(C=NOC)c2)OC1=CCl. The van der Waals surface area contributed by atoms with Gasteiger partial charge in [-0.3, -0.25) is 0 Å². The molecule has 21 heavy (non-hydrogen) atoms. The van der Waals surface area contributed by atoms with Gasteiger partial charge in [0.25, 0.3) is 0 Å². The number of aliphatic imine (C=N–C) groups is 1. The smallest absolute Gasteiger partial charge is 0.222 e. The van der Waals surface area contributed by atoms with Gasteiger partial charge >= 0.3 is 0 Å². The number of hydrogen-bond donors (Lipinski definition) is 0. The van der Waals surface area contributed by atoms with Crippen molar-refractivity contribution < 1.29 is 9.57 Å². The lowest BCUT2D eigenvalue weighted by atomic mass is 9.99. The Bertz CT molecular complexity index is 626. The molecule has 0 N–H and O–H groups in total. The molecule has 0 aromatic heterocycles. The Kier molecular flexibility index (Phi) is 4.91. The predicted molar refractivity (Wildman–Crippen MR) is 86.3 cm³/mol. The van der Waals surface area contributed by atoms with Crippen molar-refractivity contribution in [2.24, 2.45) is 10.1 Å². The zero-order chi connectivity index (χ0) is 15.5. The second kappa shape index (κ2) is 6.50. The molecule has 4 nitrogen and oxygen atoms in total. The highest BCUT2D eigenvalue weighted by molar-refractivity contribution is 6.31. The summed E-state index contributed by atoms with van der Waals surface area (Å²) < 4.78 is 5.76. The first-order valence-electron chi connectivity index (χ1n) is 6.48. The molecule has 0 aliphatic carbocycles. The van der Waals surface area contributed by atoms with E-state index in [1.165, 1.54) is 12.6 Å². The molecular formula is C15H16Cl2N2O2. The van der Waals surface area contributed by atoms with Crippen LogP contribution in [0.3, 0.4) is 0 Å². The van der Waals surface area contributed by atoms with Gasteiger partial charge in [0.1, 0.15) is 18.4 Å². The van der Waals surface area contributed by atoms with E-state index in [0.29, 0.717) is 16.7 Å². The lowest BCUT2D eigenvalue weighted by molar-refractivity contribution is 0.215. The number of hydrogen-bond acceptors (Lipinski definition) is 4. The highest BCUT2D eigenvalue weighted by Crippen LogP contribution is 2.34. The molecule has 0 saturated carbocycles. The number of benzene rings is 1. The minimum atomic E-state index is -0.444. The van der Waals surface area contributed by atoms with Crippen molar-refractivity contribution in [1.29, 1.82) is 0 Å². The Hall–Kier alpha value is -1.52. The summed E-state index contributed by atoms with van der Waals surface area (Å²) in [5, 5.41) is 4.30. The Labute approximate surface area is 134 Å². The first-order chi connectivity index (χ1) is 10.0. The zero-order valence-corrected chi connectivity index (χ0v) is 13.6. The molecule has 1 heterocycles. The summed E-state index contributed by atoms with van der Waals surface area (Å²) >= 11 is 12.0. The Balaban J connectivity index is 2.41. The van der Waals surface area contributed by atoms with Crippen LogP contribution in [0, 0.1) is 0 Å². The van der Waals surface area contributed by atoms with Crippen molar-refractivity contribution in [1.82, 2.24) is 0 Å². The van der Waals surface area contributed by atoms with Gasteiger partial charge < -0.3 is 9.57 Å². The van der Waals surface area contributed by atoms with Gasteiger partial charge in [-0.15, -0.1) is 0 Å². The maximum absolute atomic E-state index is 6.13. The minimum Gasteiger partial charge on any atom is -0.440 e. The lowest BCUT2D eigenvalue weighted by Gasteiger charge is -2.16. The van der Waals surface area contributed by atoms with Crippen LogP contribution in [-0.4, -0.2) is 24.8 Å². The number of oxime groups is 1. The third-order valence-electron chi connectivity index (χ3n) is 3.35. The summed E-state index contributed by atoms with van der Waals surface area (Å²) in [5.74, 6) is 1.13. The third-order valence-corrected chi connectivity index (χ3v) is 3.76. The van der Waals surface area contributed by atoms with E-state index in [1.807, 2.05) is 19.9 Å². The van der Waals surface area contributed by atoms with Gasteiger partial charge in [-0.2, -0.15) is 0 Å². The van der Waals surface area contributed by atoms with E-state index in [9.17, 15) is 0 Å². The lowest BCUT2D eigenvalue weighted by Crippen LogP contribution is -2.19. The maximum atomic E-state index is 6.13. The van der Waals surface area contributed by atoms with Crippen LogP contribution >= 0.6 is 23.2 Å². The van der Waals surface area contributed by atoms with Crippen LogP contribution in [0.15, 0.2) is 39.6 Å². The first-order valence-corrected chi connectivity index (χ1v) is 7.30. The predicted octanol–water partition coefficient (Wildman–Crippen LogP) is 4.35. The first kappa shape index (κ1) is 15.9. The zero-order valence-electron chi connectivity index (χ0n) is 12.1. The molecule has 1 aromatic carbocycles. The molecule has 2 rings (SSSR count). The van der Waals surface area contributed by atoms with E-state index < -0.39 is 5.54 Å². The summed E-state index contributed by atoms with van der Waals surface area (Å²) in [4.78, 5) is 9.31. The Morgan fingerprint density at radius 3 is 2.76 bits per heavy atom. The molecule has 112 valence electrons. The Morgan fingerprint density at radius 2 is 2.19 bits per heavy atom. The largest absolute Gasteiger partial charge is 0.440 e. The van der Waals surface area contributed by atoms with Gasteiger partial charge in [0, 0.05) is 16.1 Å². The van der Waals surface area contributed by atoms with Gasteiger partial charge in [-0.1, -0.05) is 35.3 Å². The van der Waals surface area contributed by atoms with E-state index >= 15 is 0 Å². The maximum Gasteiger partial charge on any atom is 0.222 e. The molecular weight excluding hydrogens is 311 g/mol. The molecule has 1 aliphatic heterocycles. The van der Waals surface area contributed by atoms with Crippen LogP contribution in [0.5, 0.6) is 0 Å². The standard InChI is InChI=1S/C15H16Cl2N2O2/c1-4-15(2)13(8-16)21-14(19-15)11-5-10(9-18-20-3)6-12(17)7-11/h5-9H,4H2,1-3H3. The average Bonchev–Trinajstić information content (AvgIpc) is 2.82. The van der Waals surface area contributed by atoms with Crippen molar-refractivity contribution in [2.75, 3.05) is 7.11 Å². The normalized spacial score (nSPS) is 23.5. The van der Waals surface area contributed by atoms with Crippen molar-refractivity contribution in [3.8, 4) is 0 Å². The van der Waals surface area contributed by atoms with Gasteiger partial charge in [0.05, 0.1) is 6.21 Å². The molecule has 0 amide bonds. The van der Waals surface area contributed by atoms with Crippen LogP contribution in [0.1, 0.15) is 31.4 Å². The summed E-state index contributed by atoms with van der Waals surface area (Å²) in [6.07, 6.45) is 2.36. The van der Waals surface area contributed by atoms with E-state index in [4.69, 9.17) is 27.9 Å². The summed E-state index contributed by atoms with van der Waals surface area (Å²) in [6.45, 7) is 4.01. The van der Waals surface area contributed by atoms with E-state index in [0.717, 1.165) is 17.5 Å². The van der Waals surface area contributed by atoms with E-state index in [1.54, 1.807) is 18.3 Å². The second-order valence-electron chi connectivity index (χ2n) is 4.81. The summed E-state index contributed by atoms with van der Waals surface area (Å²) in [6, 6.07) is 5.44. The highest BCUT2D eigenvalue weighted by atomic mass is 35.5. The van der Waals surface area contributed by atoms with Crippen molar-refractivity contribution >= 4 is 35.3 Å². The topological polar surface area (TPSA) is 43.2 Å². The van der Waals surface area contributed by atoms with Crippen LogP contribution in [0.2, 0.25) is 5.02 Å². The number of nitrogens with zero attached hydrogens (tertiary/aromatic N) is 2. The molecule has 1 unspecified atom stereocenters. The fraction of sp³-hybridized carbons (Fsp3) is 0.333. The fourth-order valence-corrected chi connectivity index (χ4v) is 2.48. The molecule has 0 bridgehead atoms. The van der Waals surface area contributed by atoms with Crippen LogP contribution in [0.25, 0.3) is 0 Å². The molecule has 1 atom stereocenters. The van der Waals surface area contributed by atoms with Gasteiger partial charge in [-0.05, 0) is 37.1 Å². The number of halogens is 2.